The smallest absolute Gasteiger partial charge is 0.146 e. The molecule has 0 amide bonds. The van der Waals surface area contributed by atoms with Gasteiger partial charge in [0.2, 0.25) is 0 Å². The third-order valence-corrected chi connectivity index (χ3v) is 2.44. The molecule has 0 aromatic carbocycles. The third kappa shape index (κ3) is 3.63. The fourth-order valence-corrected chi connectivity index (χ4v) is 1.69. The summed E-state index contributed by atoms with van der Waals surface area (Å²) >= 11 is 0. The lowest BCUT2D eigenvalue weighted by atomic mass is 10.0. The Bertz CT molecular complexity index is 357. The van der Waals surface area contributed by atoms with E-state index < -0.39 is 0 Å². The van der Waals surface area contributed by atoms with Crippen molar-refractivity contribution in [3.05, 3.63) is 29.8 Å². The summed E-state index contributed by atoms with van der Waals surface area (Å²) in [5.41, 5.74) is 0.675. The van der Waals surface area contributed by atoms with Crippen LogP contribution in [0.15, 0.2) is 18.5 Å². The first-order valence-electron chi connectivity index (χ1n) is 5.55. The topological polar surface area (TPSA) is 24.9 Å². The van der Waals surface area contributed by atoms with Gasteiger partial charge in [0.25, 0.3) is 0 Å². The molecule has 0 aliphatic heterocycles. The first kappa shape index (κ1) is 12.7. The highest BCUT2D eigenvalue weighted by Gasteiger charge is 2.13. The van der Waals surface area contributed by atoms with Gasteiger partial charge in [-0.15, -0.1) is 12.3 Å². The van der Waals surface area contributed by atoms with Crippen LogP contribution in [0.3, 0.4) is 0 Å². The quantitative estimate of drug-likeness (QED) is 0.589. The highest BCUT2D eigenvalue weighted by molar-refractivity contribution is 5.17. The van der Waals surface area contributed by atoms with Crippen LogP contribution in [-0.4, -0.2) is 11.5 Å². The molecule has 0 bridgehead atoms. The molecule has 86 valence electrons. The molecule has 1 atom stereocenters. The number of pyridine rings is 1. The Morgan fingerprint density at radius 2 is 2.44 bits per heavy atom. The van der Waals surface area contributed by atoms with Gasteiger partial charge in [0, 0.05) is 24.2 Å². The van der Waals surface area contributed by atoms with E-state index in [1.807, 2.05) is 6.92 Å². The van der Waals surface area contributed by atoms with Gasteiger partial charge in [-0.1, -0.05) is 6.92 Å². The summed E-state index contributed by atoms with van der Waals surface area (Å²) in [6.07, 6.45) is 10.5. The second-order valence-electron chi connectivity index (χ2n) is 3.60. The minimum Gasteiger partial charge on any atom is -0.310 e. The van der Waals surface area contributed by atoms with E-state index in [1.54, 1.807) is 12.3 Å². The molecule has 0 aliphatic rings. The fourth-order valence-electron chi connectivity index (χ4n) is 1.69. The summed E-state index contributed by atoms with van der Waals surface area (Å²) in [6.45, 7) is 2.82. The molecule has 1 heterocycles. The zero-order valence-corrected chi connectivity index (χ0v) is 9.54. The summed E-state index contributed by atoms with van der Waals surface area (Å²) in [6, 6.07) is 1.75. The van der Waals surface area contributed by atoms with Crippen LogP contribution in [0.1, 0.15) is 37.8 Å². The molecule has 1 aromatic rings. The zero-order valence-electron chi connectivity index (χ0n) is 9.54. The van der Waals surface area contributed by atoms with Crippen molar-refractivity contribution in [2.45, 2.75) is 32.2 Å². The van der Waals surface area contributed by atoms with Crippen molar-refractivity contribution in [1.29, 1.82) is 0 Å². The Hall–Kier alpha value is -1.40. The number of terminal acetylenes is 1. The van der Waals surface area contributed by atoms with E-state index in [-0.39, 0.29) is 11.9 Å². The van der Waals surface area contributed by atoms with Gasteiger partial charge in [0.05, 0.1) is 6.20 Å². The Balaban J connectivity index is 2.69. The lowest BCUT2D eigenvalue weighted by Gasteiger charge is -2.18. The second kappa shape index (κ2) is 6.97. The molecule has 1 rings (SSSR count). The molecular weight excluding hydrogens is 203 g/mol. The lowest BCUT2D eigenvalue weighted by molar-refractivity contribution is 0.473. The molecule has 0 aliphatic carbocycles. The standard InChI is InChI=1S/C13H17FN2/c1-3-5-6-7-13(16-4-2)11-8-9-15-10-12(11)14/h1,8-10,13,16H,4-7H2,2H3. The fraction of sp³-hybridized carbons (Fsp3) is 0.462. The molecule has 1 N–H and O–H groups in total. The van der Waals surface area contributed by atoms with Crippen LogP contribution < -0.4 is 5.32 Å². The number of hydrogen-bond donors (Lipinski definition) is 1. The summed E-state index contributed by atoms with van der Waals surface area (Å²) in [4.78, 5) is 3.75. The molecule has 16 heavy (non-hydrogen) atoms. The van der Waals surface area contributed by atoms with Gasteiger partial charge in [-0.05, 0) is 25.5 Å². The number of nitrogens with zero attached hydrogens (tertiary/aromatic N) is 1. The number of halogens is 1. The summed E-state index contributed by atoms with van der Waals surface area (Å²) < 4.78 is 13.5. The van der Waals surface area contributed by atoms with E-state index in [0.29, 0.717) is 5.56 Å². The van der Waals surface area contributed by atoms with Crippen LogP contribution >= 0.6 is 0 Å². The second-order valence-corrected chi connectivity index (χ2v) is 3.60. The van der Waals surface area contributed by atoms with Crippen LogP contribution in [0.4, 0.5) is 4.39 Å². The van der Waals surface area contributed by atoms with Crippen LogP contribution in [0, 0.1) is 18.2 Å². The molecule has 0 fully saturated rings. The van der Waals surface area contributed by atoms with E-state index in [2.05, 4.69) is 16.2 Å². The molecule has 0 saturated carbocycles. The number of rotatable bonds is 6. The van der Waals surface area contributed by atoms with Gasteiger partial charge < -0.3 is 5.32 Å². The zero-order chi connectivity index (χ0) is 11.8. The van der Waals surface area contributed by atoms with Crippen LogP contribution in [0.2, 0.25) is 0 Å². The summed E-state index contributed by atoms with van der Waals surface area (Å²) in [5, 5.41) is 3.26. The Kier molecular flexibility index (Phi) is 5.52. The van der Waals surface area contributed by atoms with E-state index in [1.165, 1.54) is 6.20 Å². The van der Waals surface area contributed by atoms with E-state index in [0.717, 1.165) is 25.8 Å². The number of hydrogen-bond acceptors (Lipinski definition) is 2. The normalized spacial score (nSPS) is 12.1. The molecule has 0 saturated heterocycles. The molecular formula is C13H17FN2. The largest absolute Gasteiger partial charge is 0.310 e. The predicted octanol–water partition coefficient (Wildman–Crippen LogP) is 2.67. The van der Waals surface area contributed by atoms with Crippen LogP contribution in [0.25, 0.3) is 0 Å². The highest BCUT2D eigenvalue weighted by Crippen LogP contribution is 2.21. The van der Waals surface area contributed by atoms with Crippen molar-refractivity contribution < 1.29 is 4.39 Å². The maximum atomic E-state index is 13.5. The maximum Gasteiger partial charge on any atom is 0.146 e. The molecule has 0 spiro atoms. The number of unbranched alkanes of at least 4 members (excludes halogenated alkanes) is 1. The number of nitrogens with one attached hydrogen (secondary N) is 1. The summed E-state index contributed by atoms with van der Waals surface area (Å²) in [5.74, 6) is 2.34. The number of aromatic nitrogens is 1. The van der Waals surface area contributed by atoms with Crippen molar-refractivity contribution in [3.63, 3.8) is 0 Å². The minimum atomic E-state index is -0.255. The SMILES string of the molecule is C#CCCCC(NCC)c1ccncc1F. The maximum absolute atomic E-state index is 13.5. The van der Waals surface area contributed by atoms with E-state index >= 15 is 0 Å². The lowest BCUT2D eigenvalue weighted by Crippen LogP contribution is -2.22. The van der Waals surface area contributed by atoms with Gasteiger partial charge in [-0.2, -0.15) is 0 Å². The van der Waals surface area contributed by atoms with E-state index in [4.69, 9.17) is 6.42 Å². The van der Waals surface area contributed by atoms with Crippen molar-refractivity contribution in [2.75, 3.05) is 6.54 Å². The van der Waals surface area contributed by atoms with Gasteiger partial charge >= 0.3 is 0 Å². The summed E-state index contributed by atoms with van der Waals surface area (Å²) in [7, 11) is 0. The average molecular weight is 220 g/mol. The van der Waals surface area contributed by atoms with Gasteiger partial charge in [0.1, 0.15) is 5.82 Å². The first-order chi connectivity index (χ1) is 7.79. The monoisotopic (exact) mass is 220 g/mol. The molecule has 3 heteroatoms. The van der Waals surface area contributed by atoms with Gasteiger partial charge in [-0.25, -0.2) is 4.39 Å². The Labute approximate surface area is 96.3 Å². The molecule has 1 unspecified atom stereocenters. The van der Waals surface area contributed by atoms with Crippen molar-refractivity contribution in [3.8, 4) is 12.3 Å². The predicted molar refractivity (Wildman–Crippen MR) is 63.3 cm³/mol. The van der Waals surface area contributed by atoms with Crippen molar-refractivity contribution >= 4 is 0 Å². The Morgan fingerprint density at radius 1 is 1.62 bits per heavy atom. The van der Waals surface area contributed by atoms with Gasteiger partial charge in [0.15, 0.2) is 0 Å². The van der Waals surface area contributed by atoms with Gasteiger partial charge in [-0.3, -0.25) is 4.98 Å². The van der Waals surface area contributed by atoms with Crippen LogP contribution in [0.5, 0.6) is 0 Å². The Morgan fingerprint density at radius 3 is 3.06 bits per heavy atom. The molecule has 0 radical (unpaired) electrons. The average Bonchev–Trinajstić information content (AvgIpc) is 2.29. The molecule has 1 aromatic heterocycles. The third-order valence-electron chi connectivity index (χ3n) is 2.44. The van der Waals surface area contributed by atoms with Crippen molar-refractivity contribution in [1.82, 2.24) is 10.3 Å². The first-order valence-corrected chi connectivity index (χ1v) is 5.55. The van der Waals surface area contributed by atoms with E-state index in [9.17, 15) is 4.39 Å². The molecule has 2 nitrogen and oxygen atoms in total. The minimum absolute atomic E-state index is 0.0290. The van der Waals surface area contributed by atoms with Crippen LogP contribution in [-0.2, 0) is 0 Å². The van der Waals surface area contributed by atoms with Crippen molar-refractivity contribution in [2.24, 2.45) is 0 Å². The highest BCUT2D eigenvalue weighted by atomic mass is 19.1.